The lowest BCUT2D eigenvalue weighted by atomic mass is 9.86. The number of benzene rings is 1. The fraction of sp³-hybridized carbons (Fsp3) is 0.500. The fourth-order valence-electron chi connectivity index (χ4n) is 4.47. The van der Waals surface area contributed by atoms with Gasteiger partial charge in [0.1, 0.15) is 11.4 Å². The molecule has 1 fully saturated rings. The quantitative estimate of drug-likeness (QED) is 0.510. The van der Waals surface area contributed by atoms with Gasteiger partial charge in [-0.3, -0.25) is 14.9 Å². The van der Waals surface area contributed by atoms with Gasteiger partial charge in [0.15, 0.2) is 11.7 Å². The van der Waals surface area contributed by atoms with Gasteiger partial charge < -0.3 is 9.64 Å². The molecule has 11 heteroatoms. The SMILES string of the molecule is CC(C)(C)OC(=O)C1Cc2c(C(=O)N3CCC(c4ccc(F)cc4C(F)(F)F)CC3)n[nH]c2C=N1. The highest BCUT2D eigenvalue weighted by Crippen LogP contribution is 2.39. The maximum Gasteiger partial charge on any atom is 0.416 e. The van der Waals surface area contributed by atoms with E-state index in [1.54, 1.807) is 20.8 Å². The van der Waals surface area contributed by atoms with E-state index in [2.05, 4.69) is 15.2 Å². The number of aromatic amines is 1. The number of nitrogens with one attached hydrogen (secondary N) is 1. The number of piperidine rings is 1. The molecular weight excluding hydrogens is 468 g/mol. The van der Waals surface area contributed by atoms with Crippen molar-refractivity contribution < 1.29 is 31.9 Å². The molecule has 1 N–H and O–H groups in total. The Hall–Kier alpha value is -3.24. The molecule has 0 radical (unpaired) electrons. The summed E-state index contributed by atoms with van der Waals surface area (Å²) in [5.74, 6) is -2.26. The van der Waals surface area contributed by atoms with Crippen molar-refractivity contribution in [3.05, 3.63) is 52.1 Å². The minimum absolute atomic E-state index is 0.0413. The van der Waals surface area contributed by atoms with Crippen LogP contribution >= 0.6 is 0 Å². The highest BCUT2D eigenvalue weighted by molar-refractivity contribution is 5.98. The summed E-state index contributed by atoms with van der Waals surface area (Å²) in [6.07, 6.45) is -2.45. The second-order valence-electron chi connectivity index (χ2n) is 9.79. The summed E-state index contributed by atoms with van der Waals surface area (Å²) in [6.45, 7) is 5.71. The van der Waals surface area contributed by atoms with Gasteiger partial charge in [-0.2, -0.15) is 18.3 Å². The van der Waals surface area contributed by atoms with Gasteiger partial charge in [0.2, 0.25) is 0 Å². The molecule has 1 aromatic carbocycles. The molecule has 0 spiro atoms. The zero-order valence-electron chi connectivity index (χ0n) is 19.6. The number of aliphatic imine (C=N–C) groups is 1. The standard InChI is InChI=1S/C24H26F4N4O3/c1-23(2,3)35-22(34)18-11-16-19(12-29-18)30-31-20(16)21(33)32-8-6-13(7-9-32)15-5-4-14(25)10-17(15)24(26,27)28/h4-5,10,12-13,18H,6-9,11H2,1-3H3,(H,30,31). The van der Waals surface area contributed by atoms with Crippen LogP contribution in [-0.4, -0.2) is 57.9 Å². The second-order valence-corrected chi connectivity index (χ2v) is 9.79. The lowest BCUT2D eigenvalue weighted by Crippen LogP contribution is -2.39. The van der Waals surface area contributed by atoms with E-state index in [4.69, 9.17) is 4.74 Å². The number of rotatable bonds is 3. The summed E-state index contributed by atoms with van der Waals surface area (Å²) in [4.78, 5) is 31.4. The monoisotopic (exact) mass is 494 g/mol. The second kappa shape index (κ2) is 9.09. The highest BCUT2D eigenvalue weighted by Gasteiger charge is 2.38. The topological polar surface area (TPSA) is 87.7 Å². The Morgan fingerprint density at radius 1 is 1.14 bits per heavy atom. The third-order valence-electron chi connectivity index (χ3n) is 6.10. The van der Waals surface area contributed by atoms with Crippen molar-refractivity contribution in [3.63, 3.8) is 0 Å². The highest BCUT2D eigenvalue weighted by atomic mass is 19.4. The molecule has 1 saturated heterocycles. The van der Waals surface area contributed by atoms with Crippen molar-refractivity contribution >= 4 is 18.1 Å². The Bertz CT molecular complexity index is 1160. The van der Waals surface area contributed by atoms with Gasteiger partial charge in [-0.15, -0.1) is 0 Å². The van der Waals surface area contributed by atoms with Crippen molar-refractivity contribution in [2.45, 2.75) is 63.8 Å². The summed E-state index contributed by atoms with van der Waals surface area (Å²) >= 11 is 0. The van der Waals surface area contributed by atoms with Crippen LogP contribution in [0.1, 0.15) is 72.4 Å². The number of hydrogen-bond donors (Lipinski definition) is 1. The molecule has 2 aliphatic rings. The third-order valence-corrected chi connectivity index (χ3v) is 6.10. The molecule has 35 heavy (non-hydrogen) atoms. The number of H-pyrrole nitrogens is 1. The molecule has 0 bridgehead atoms. The molecule has 1 amide bonds. The first-order chi connectivity index (χ1) is 16.3. The van der Waals surface area contributed by atoms with Gasteiger partial charge in [-0.1, -0.05) is 6.07 Å². The number of fused-ring (bicyclic) bond motifs is 1. The first-order valence-electron chi connectivity index (χ1n) is 11.3. The van der Waals surface area contributed by atoms with Crippen molar-refractivity contribution in [1.82, 2.24) is 15.1 Å². The maximum atomic E-state index is 13.5. The predicted molar refractivity (Wildman–Crippen MR) is 119 cm³/mol. The zero-order valence-corrected chi connectivity index (χ0v) is 19.6. The molecule has 1 unspecified atom stereocenters. The summed E-state index contributed by atoms with van der Waals surface area (Å²) in [5, 5.41) is 6.88. The fourth-order valence-corrected chi connectivity index (χ4v) is 4.47. The molecule has 188 valence electrons. The largest absolute Gasteiger partial charge is 0.458 e. The van der Waals surface area contributed by atoms with E-state index in [9.17, 15) is 27.2 Å². The van der Waals surface area contributed by atoms with Crippen LogP contribution in [0.3, 0.4) is 0 Å². The van der Waals surface area contributed by atoms with Gasteiger partial charge in [0, 0.05) is 31.3 Å². The number of esters is 1. The number of nitrogens with zero attached hydrogens (tertiary/aromatic N) is 3. The van der Waals surface area contributed by atoms with Gasteiger partial charge in [-0.05, 0) is 57.2 Å². The third kappa shape index (κ3) is 5.38. The number of ether oxygens (including phenoxy) is 1. The van der Waals surface area contributed by atoms with Crippen LogP contribution < -0.4 is 0 Å². The average Bonchev–Trinajstić information content (AvgIpc) is 3.20. The Morgan fingerprint density at radius 3 is 2.46 bits per heavy atom. The van der Waals surface area contributed by atoms with Crippen LogP contribution in [0.2, 0.25) is 0 Å². The van der Waals surface area contributed by atoms with Crippen LogP contribution in [0.25, 0.3) is 0 Å². The smallest absolute Gasteiger partial charge is 0.416 e. The minimum atomic E-state index is -4.66. The number of carbonyl (C=O) groups is 2. The van der Waals surface area contributed by atoms with Crippen LogP contribution in [0, 0.1) is 5.82 Å². The molecule has 1 aromatic heterocycles. The van der Waals surface area contributed by atoms with E-state index in [1.807, 2.05) is 0 Å². The molecule has 4 rings (SSSR count). The van der Waals surface area contributed by atoms with Crippen molar-refractivity contribution in [1.29, 1.82) is 0 Å². The van der Waals surface area contributed by atoms with Crippen molar-refractivity contribution in [2.75, 3.05) is 13.1 Å². The molecule has 7 nitrogen and oxygen atoms in total. The maximum absolute atomic E-state index is 13.5. The number of halogens is 4. The van der Waals surface area contributed by atoms with Gasteiger partial charge in [-0.25, -0.2) is 9.18 Å². The molecule has 2 aromatic rings. The van der Waals surface area contributed by atoms with Crippen LogP contribution in [0.5, 0.6) is 0 Å². The first-order valence-corrected chi connectivity index (χ1v) is 11.3. The predicted octanol–water partition coefficient (Wildman–Crippen LogP) is 4.27. The molecule has 1 atom stereocenters. The molecule has 3 heterocycles. The summed E-state index contributed by atoms with van der Waals surface area (Å²) in [6, 6.07) is 1.93. The van der Waals surface area contributed by atoms with Crippen LogP contribution in [0.4, 0.5) is 17.6 Å². The van der Waals surface area contributed by atoms with Crippen molar-refractivity contribution in [2.24, 2.45) is 4.99 Å². The van der Waals surface area contributed by atoms with E-state index in [1.165, 1.54) is 17.2 Å². The number of carbonyl (C=O) groups excluding carboxylic acids is 2. The lowest BCUT2D eigenvalue weighted by Gasteiger charge is -2.33. The number of likely N-dealkylation sites (tertiary alicyclic amines) is 1. The molecule has 2 aliphatic heterocycles. The molecule has 0 saturated carbocycles. The first kappa shape index (κ1) is 24.9. The number of alkyl halides is 3. The van der Waals surface area contributed by atoms with E-state index < -0.39 is 41.1 Å². The van der Waals surface area contributed by atoms with Crippen LogP contribution in [-0.2, 0) is 22.1 Å². The average molecular weight is 494 g/mol. The van der Waals surface area contributed by atoms with Gasteiger partial charge >= 0.3 is 12.1 Å². The van der Waals surface area contributed by atoms with Crippen LogP contribution in [0.15, 0.2) is 23.2 Å². The molecular formula is C24H26F4N4O3. The summed E-state index contributed by atoms with van der Waals surface area (Å²) in [7, 11) is 0. The van der Waals surface area contributed by atoms with E-state index in [0.29, 0.717) is 30.2 Å². The number of aromatic nitrogens is 2. The van der Waals surface area contributed by atoms with Gasteiger partial charge in [0.25, 0.3) is 5.91 Å². The lowest BCUT2D eigenvalue weighted by molar-refractivity contribution is -0.156. The number of hydrogen-bond acceptors (Lipinski definition) is 5. The minimum Gasteiger partial charge on any atom is -0.458 e. The summed E-state index contributed by atoms with van der Waals surface area (Å²) < 4.78 is 59.1. The Balaban J connectivity index is 1.46. The van der Waals surface area contributed by atoms with Crippen molar-refractivity contribution in [3.8, 4) is 0 Å². The van der Waals surface area contributed by atoms with E-state index >= 15 is 0 Å². The Morgan fingerprint density at radius 2 is 1.83 bits per heavy atom. The zero-order chi connectivity index (χ0) is 25.5. The van der Waals surface area contributed by atoms with Gasteiger partial charge in [0.05, 0.1) is 11.3 Å². The Labute approximate surface area is 199 Å². The molecule has 0 aliphatic carbocycles. The summed E-state index contributed by atoms with van der Waals surface area (Å²) in [5.41, 5.74) is -0.361. The number of amides is 1. The van der Waals surface area contributed by atoms with E-state index in [0.717, 1.165) is 6.07 Å². The normalized spacial score (nSPS) is 18.9. The Kier molecular flexibility index (Phi) is 6.46. The van der Waals surface area contributed by atoms with E-state index in [-0.39, 0.29) is 36.7 Å².